The molecule has 2 saturated carbocycles. The number of thiazole rings is 1. The van der Waals surface area contributed by atoms with Crippen LogP contribution in [0.3, 0.4) is 0 Å². The summed E-state index contributed by atoms with van der Waals surface area (Å²) in [5, 5.41) is 16.1. The van der Waals surface area contributed by atoms with E-state index in [1.165, 1.54) is 18.3 Å². The highest BCUT2D eigenvalue weighted by atomic mass is 32.1. The third-order valence-corrected chi connectivity index (χ3v) is 9.37. The maximum Gasteiger partial charge on any atom is 0.258 e. The van der Waals surface area contributed by atoms with Crippen LogP contribution in [-0.4, -0.2) is 51.3 Å². The van der Waals surface area contributed by atoms with Gasteiger partial charge in [-0.3, -0.25) is 19.2 Å². The highest BCUT2D eigenvalue weighted by molar-refractivity contribution is 7.13. The van der Waals surface area contributed by atoms with E-state index in [2.05, 4.69) is 15.6 Å². The molecule has 3 N–H and O–H groups in total. The highest BCUT2D eigenvalue weighted by Crippen LogP contribution is 2.47. The standard InChI is InChI=1S/C31H40FN3O5S/c1-16-14-31(16,32)29(40)35-27(30(4,5)6)25(38)22-12-21(37)13-23(22)28(39)34-24(11-17(2)36)19-7-9-20(10-8-19)26-18(3)33-15-41-26/h7-10,15-16,21-24,27,37H,11-14H2,1-6H3,(H,34,39)(H,35,40)/t16?,21-,22?,23+,24-,27+,31?/m0/s1. The molecule has 2 aliphatic rings. The molecule has 1 aromatic carbocycles. The van der Waals surface area contributed by atoms with Gasteiger partial charge in [-0.2, -0.15) is 0 Å². The molecule has 2 amide bonds. The molecule has 2 aliphatic carbocycles. The number of rotatable bonds is 10. The molecule has 41 heavy (non-hydrogen) atoms. The molecule has 0 spiro atoms. The topological polar surface area (TPSA) is 125 Å². The number of carbonyl (C=O) groups excluding carboxylic acids is 4. The van der Waals surface area contributed by atoms with Gasteiger partial charge in [0.25, 0.3) is 5.91 Å². The van der Waals surface area contributed by atoms with Crippen LogP contribution in [0.5, 0.6) is 0 Å². The summed E-state index contributed by atoms with van der Waals surface area (Å²) in [6, 6.07) is 5.94. The predicted octanol–water partition coefficient (Wildman–Crippen LogP) is 4.49. The number of nitrogens with one attached hydrogen (secondary N) is 2. The monoisotopic (exact) mass is 585 g/mol. The van der Waals surface area contributed by atoms with E-state index in [0.717, 1.165) is 21.7 Å². The number of carbonyl (C=O) groups is 4. The van der Waals surface area contributed by atoms with Crippen molar-refractivity contribution in [3.63, 3.8) is 0 Å². The van der Waals surface area contributed by atoms with Crippen molar-refractivity contribution < 1.29 is 28.7 Å². The van der Waals surface area contributed by atoms with E-state index in [4.69, 9.17) is 0 Å². The Morgan fingerprint density at radius 2 is 1.73 bits per heavy atom. The number of benzene rings is 1. The molecule has 2 fully saturated rings. The lowest BCUT2D eigenvalue weighted by Gasteiger charge is -2.34. The van der Waals surface area contributed by atoms with Crippen molar-refractivity contribution in [2.24, 2.45) is 23.2 Å². The van der Waals surface area contributed by atoms with Gasteiger partial charge in [0.2, 0.25) is 5.91 Å². The number of aryl methyl sites for hydroxylation is 1. The first-order valence-electron chi connectivity index (χ1n) is 14.1. The van der Waals surface area contributed by atoms with Gasteiger partial charge in [-0.05, 0) is 49.7 Å². The first kappa shape index (κ1) is 31.0. The number of nitrogens with zero attached hydrogens (tertiary/aromatic N) is 1. The molecule has 222 valence electrons. The summed E-state index contributed by atoms with van der Waals surface area (Å²) in [6.45, 7) is 10.4. The van der Waals surface area contributed by atoms with E-state index >= 15 is 0 Å². The lowest BCUT2D eigenvalue weighted by Crippen LogP contribution is -2.55. The minimum Gasteiger partial charge on any atom is -0.393 e. The summed E-state index contributed by atoms with van der Waals surface area (Å²) in [4.78, 5) is 57.7. The van der Waals surface area contributed by atoms with Crippen LogP contribution in [0.15, 0.2) is 29.8 Å². The molecule has 8 nitrogen and oxygen atoms in total. The van der Waals surface area contributed by atoms with Gasteiger partial charge in [-0.1, -0.05) is 52.0 Å². The largest absolute Gasteiger partial charge is 0.393 e. The van der Waals surface area contributed by atoms with Crippen LogP contribution in [0.4, 0.5) is 4.39 Å². The van der Waals surface area contributed by atoms with Crippen LogP contribution in [-0.2, 0) is 19.2 Å². The van der Waals surface area contributed by atoms with Gasteiger partial charge in [-0.15, -0.1) is 11.3 Å². The Hall–Kier alpha value is -2.98. The molecule has 0 radical (unpaired) electrons. The summed E-state index contributed by atoms with van der Waals surface area (Å²) < 4.78 is 14.8. The number of halogens is 1. The van der Waals surface area contributed by atoms with Crippen molar-refractivity contribution in [2.75, 3.05) is 0 Å². The number of ketones is 2. The Morgan fingerprint density at radius 1 is 1.12 bits per heavy atom. The number of aromatic nitrogens is 1. The molecule has 1 aromatic heterocycles. The minimum atomic E-state index is -1.98. The summed E-state index contributed by atoms with van der Waals surface area (Å²) in [6.07, 6.45) is -0.556. The fourth-order valence-electron chi connectivity index (χ4n) is 5.76. The Balaban J connectivity index is 1.53. The second-order valence-corrected chi connectivity index (χ2v) is 13.7. The van der Waals surface area contributed by atoms with Gasteiger partial charge in [0, 0.05) is 18.3 Å². The number of hydrogen-bond donors (Lipinski definition) is 3. The van der Waals surface area contributed by atoms with Crippen molar-refractivity contribution in [1.29, 1.82) is 0 Å². The molecule has 4 rings (SSSR count). The van der Waals surface area contributed by atoms with Crippen molar-refractivity contribution in [3.05, 3.63) is 41.0 Å². The quantitative estimate of drug-likeness (QED) is 0.377. The maximum atomic E-state index is 14.8. The van der Waals surface area contributed by atoms with Gasteiger partial charge in [0.15, 0.2) is 11.5 Å². The van der Waals surface area contributed by atoms with Crippen LogP contribution in [0.1, 0.15) is 77.6 Å². The van der Waals surface area contributed by atoms with Crippen LogP contribution in [0, 0.1) is 30.1 Å². The van der Waals surface area contributed by atoms with Gasteiger partial charge >= 0.3 is 0 Å². The zero-order chi connectivity index (χ0) is 30.3. The summed E-state index contributed by atoms with van der Waals surface area (Å²) >= 11 is 1.53. The highest BCUT2D eigenvalue weighted by Gasteiger charge is 2.60. The Bertz CT molecular complexity index is 1320. The van der Waals surface area contributed by atoms with E-state index in [1.807, 2.05) is 31.2 Å². The molecule has 0 saturated heterocycles. The zero-order valence-corrected chi connectivity index (χ0v) is 25.3. The zero-order valence-electron chi connectivity index (χ0n) is 24.5. The smallest absolute Gasteiger partial charge is 0.258 e. The second kappa shape index (κ2) is 11.7. The number of amides is 2. The Morgan fingerprint density at radius 3 is 2.24 bits per heavy atom. The molecule has 0 aliphatic heterocycles. The van der Waals surface area contributed by atoms with Crippen molar-refractivity contribution in [1.82, 2.24) is 15.6 Å². The first-order valence-corrected chi connectivity index (χ1v) is 15.0. The summed E-state index contributed by atoms with van der Waals surface area (Å²) in [5.74, 6) is -3.89. The molecule has 0 bridgehead atoms. The van der Waals surface area contributed by atoms with Crippen LogP contribution in [0.25, 0.3) is 10.4 Å². The fourth-order valence-corrected chi connectivity index (χ4v) is 6.57. The second-order valence-electron chi connectivity index (χ2n) is 12.8. The third-order valence-electron chi connectivity index (χ3n) is 8.40. The molecular weight excluding hydrogens is 545 g/mol. The Labute approximate surface area is 244 Å². The molecule has 2 aromatic rings. The minimum absolute atomic E-state index is 0.0655. The van der Waals surface area contributed by atoms with Crippen molar-refractivity contribution >= 4 is 34.7 Å². The van der Waals surface area contributed by atoms with E-state index < -0.39 is 64.6 Å². The van der Waals surface area contributed by atoms with E-state index in [0.29, 0.717) is 0 Å². The third kappa shape index (κ3) is 6.75. The average Bonchev–Trinajstić information content (AvgIpc) is 3.20. The lowest BCUT2D eigenvalue weighted by molar-refractivity contribution is -0.139. The maximum absolute atomic E-state index is 14.8. The number of aliphatic hydroxyl groups is 1. The van der Waals surface area contributed by atoms with Crippen LogP contribution in [0.2, 0.25) is 0 Å². The SMILES string of the molecule is CC(=O)C[C@H](NC(=O)[C@@H]1C[C@@H](O)CC1C(=O)[C@@H](NC(=O)C1(F)CC1C)C(C)(C)C)c1ccc(-c2scnc2C)cc1. The van der Waals surface area contributed by atoms with E-state index in [-0.39, 0.29) is 31.5 Å². The molecule has 10 heteroatoms. The van der Waals surface area contributed by atoms with E-state index in [1.54, 1.807) is 33.2 Å². The predicted molar refractivity (Wildman–Crippen MR) is 155 cm³/mol. The number of hydrogen-bond acceptors (Lipinski definition) is 7. The van der Waals surface area contributed by atoms with Gasteiger partial charge < -0.3 is 15.7 Å². The average molecular weight is 586 g/mol. The van der Waals surface area contributed by atoms with Gasteiger partial charge in [-0.25, -0.2) is 9.37 Å². The molecular formula is C31H40FN3O5S. The fraction of sp³-hybridized carbons (Fsp3) is 0.581. The lowest BCUT2D eigenvalue weighted by atomic mass is 9.77. The summed E-state index contributed by atoms with van der Waals surface area (Å²) in [5.41, 5.74) is 1.70. The van der Waals surface area contributed by atoms with Crippen LogP contribution >= 0.6 is 11.3 Å². The number of alkyl halides is 1. The Kier molecular flexibility index (Phi) is 8.85. The van der Waals surface area contributed by atoms with Crippen LogP contribution < -0.4 is 10.6 Å². The van der Waals surface area contributed by atoms with Gasteiger partial charge in [0.1, 0.15) is 5.78 Å². The van der Waals surface area contributed by atoms with Crippen molar-refractivity contribution in [2.45, 2.75) is 91.1 Å². The summed E-state index contributed by atoms with van der Waals surface area (Å²) in [7, 11) is 0. The van der Waals surface area contributed by atoms with Crippen molar-refractivity contribution in [3.8, 4) is 10.4 Å². The number of Topliss-reactive ketones (excluding diaryl/α,β-unsaturated/α-hetero) is 2. The normalized spacial score (nSPS) is 27.1. The number of aliphatic hydroxyl groups excluding tert-OH is 1. The first-order chi connectivity index (χ1) is 19.1. The molecule has 3 unspecified atom stereocenters. The van der Waals surface area contributed by atoms with Gasteiger partial charge in [0.05, 0.1) is 40.2 Å². The molecule has 1 heterocycles. The molecule has 7 atom stereocenters. The van der Waals surface area contributed by atoms with E-state index in [9.17, 15) is 28.7 Å².